The van der Waals surface area contributed by atoms with Gasteiger partial charge in [-0.15, -0.1) is 0 Å². The Hall–Kier alpha value is -2.52. The molecule has 3 saturated heterocycles. The molecule has 0 saturated carbocycles. The molecule has 5 heterocycles. The molecular formula is C27H41N7O2. The van der Waals surface area contributed by atoms with E-state index in [0.717, 1.165) is 38.4 Å². The maximum absolute atomic E-state index is 12.9. The molecule has 196 valence electrons. The predicted octanol–water partition coefficient (Wildman–Crippen LogP) is 2.00. The summed E-state index contributed by atoms with van der Waals surface area (Å²) in [5.41, 5.74) is 1.11. The zero-order chi connectivity index (χ0) is 24.9. The Morgan fingerprint density at radius 2 is 1.86 bits per heavy atom. The van der Waals surface area contributed by atoms with Crippen molar-refractivity contribution in [2.45, 2.75) is 57.4 Å². The first-order valence-electron chi connectivity index (χ1n) is 13.9. The molecule has 0 aliphatic carbocycles. The molecule has 9 nitrogen and oxygen atoms in total. The third-order valence-electron chi connectivity index (χ3n) is 8.31. The van der Waals surface area contributed by atoms with Gasteiger partial charge in [-0.3, -0.25) is 14.2 Å². The fourth-order valence-corrected chi connectivity index (χ4v) is 6.18. The molecule has 5 rings (SSSR count). The average Bonchev–Trinajstić information content (AvgIpc) is 2.94. The van der Waals surface area contributed by atoms with Gasteiger partial charge in [0.25, 0.3) is 5.56 Å². The molecule has 2 aromatic rings. The van der Waals surface area contributed by atoms with E-state index >= 15 is 0 Å². The van der Waals surface area contributed by atoms with Crippen molar-refractivity contribution in [2.24, 2.45) is 13.0 Å². The van der Waals surface area contributed by atoms with Gasteiger partial charge < -0.3 is 20.0 Å². The van der Waals surface area contributed by atoms with Gasteiger partial charge in [-0.25, -0.2) is 9.97 Å². The molecule has 0 bridgehead atoms. The molecule has 3 fully saturated rings. The molecular weight excluding hydrogens is 454 g/mol. The summed E-state index contributed by atoms with van der Waals surface area (Å²) in [6, 6.07) is 4.48. The molecule has 2 aromatic heterocycles. The largest absolute Gasteiger partial charge is 0.356 e. The first kappa shape index (κ1) is 25.1. The number of hydrogen-bond donors (Lipinski definition) is 1. The summed E-state index contributed by atoms with van der Waals surface area (Å²) in [7, 11) is 1.73. The lowest BCUT2D eigenvalue weighted by molar-refractivity contribution is -0.125. The number of hydrogen-bond acceptors (Lipinski definition) is 7. The van der Waals surface area contributed by atoms with Crippen LogP contribution in [0.15, 0.2) is 23.1 Å². The molecule has 0 aromatic carbocycles. The van der Waals surface area contributed by atoms with Gasteiger partial charge in [0.1, 0.15) is 5.52 Å². The number of rotatable bonds is 7. The minimum absolute atomic E-state index is 0.0998. The van der Waals surface area contributed by atoms with E-state index in [0.29, 0.717) is 30.1 Å². The van der Waals surface area contributed by atoms with E-state index in [1.165, 1.54) is 58.3 Å². The van der Waals surface area contributed by atoms with E-state index in [4.69, 9.17) is 0 Å². The van der Waals surface area contributed by atoms with E-state index in [2.05, 4.69) is 25.1 Å². The highest BCUT2D eigenvalue weighted by atomic mass is 16.2. The Morgan fingerprint density at radius 3 is 2.67 bits per heavy atom. The third-order valence-corrected chi connectivity index (χ3v) is 8.31. The lowest BCUT2D eigenvalue weighted by atomic mass is 9.97. The smallest absolute Gasteiger partial charge is 0.294 e. The van der Waals surface area contributed by atoms with E-state index in [1.807, 2.05) is 17.0 Å². The number of aryl methyl sites for hydroxylation is 1. The maximum Gasteiger partial charge on any atom is 0.294 e. The molecule has 1 amide bonds. The van der Waals surface area contributed by atoms with Crippen molar-refractivity contribution < 1.29 is 4.79 Å². The lowest BCUT2D eigenvalue weighted by Crippen LogP contribution is -2.47. The van der Waals surface area contributed by atoms with Gasteiger partial charge in [0, 0.05) is 38.9 Å². The highest BCUT2D eigenvalue weighted by molar-refractivity contribution is 5.79. The minimum atomic E-state index is -0.161. The van der Waals surface area contributed by atoms with Gasteiger partial charge >= 0.3 is 0 Å². The number of likely N-dealkylation sites (tertiary alicyclic amines) is 2. The fraction of sp³-hybridized carbons (Fsp3) is 0.704. The molecule has 3 aliphatic rings. The molecule has 3 aliphatic heterocycles. The van der Waals surface area contributed by atoms with Gasteiger partial charge in [0.2, 0.25) is 5.91 Å². The van der Waals surface area contributed by atoms with Crippen LogP contribution in [-0.2, 0) is 11.8 Å². The first-order valence-corrected chi connectivity index (χ1v) is 13.9. The number of nitrogens with one attached hydrogen (secondary N) is 1. The Labute approximate surface area is 213 Å². The third kappa shape index (κ3) is 5.72. The molecule has 1 N–H and O–H groups in total. The number of carbonyl (C=O) groups is 1. The van der Waals surface area contributed by atoms with E-state index in [9.17, 15) is 9.59 Å². The first-order chi connectivity index (χ1) is 17.6. The molecule has 0 unspecified atom stereocenters. The summed E-state index contributed by atoms with van der Waals surface area (Å²) in [5.74, 6) is 0.404. The Morgan fingerprint density at radius 1 is 1.06 bits per heavy atom. The SMILES string of the molecule is Cn1c(=O)c(N2CCC[C@H](C(=O)NCCCN3CCC(N4CCCCC4)CC3)C2)nc2cccnc21. The topological polar surface area (TPSA) is 86.6 Å². The summed E-state index contributed by atoms with van der Waals surface area (Å²) in [5, 5.41) is 3.17. The van der Waals surface area contributed by atoms with Crippen molar-refractivity contribution in [3.63, 3.8) is 0 Å². The van der Waals surface area contributed by atoms with Crippen LogP contribution in [0.4, 0.5) is 5.82 Å². The minimum Gasteiger partial charge on any atom is -0.356 e. The number of anilines is 1. The molecule has 9 heteroatoms. The second-order valence-electron chi connectivity index (χ2n) is 10.7. The summed E-state index contributed by atoms with van der Waals surface area (Å²) < 4.78 is 1.55. The number of aromatic nitrogens is 3. The summed E-state index contributed by atoms with van der Waals surface area (Å²) in [4.78, 5) is 42.0. The van der Waals surface area contributed by atoms with Crippen LogP contribution in [0.25, 0.3) is 11.2 Å². The van der Waals surface area contributed by atoms with Crippen molar-refractivity contribution in [1.29, 1.82) is 0 Å². The zero-order valence-electron chi connectivity index (χ0n) is 21.7. The molecule has 36 heavy (non-hydrogen) atoms. The van der Waals surface area contributed by atoms with Crippen LogP contribution >= 0.6 is 0 Å². The van der Waals surface area contributed by atoms with Crippen LogP contribution in [0.3, 0.4) is 0 Å². The number of nitrogens with zero attached hydrogens (tertiary/aromatic N) is 6. The molecule has 0 radical (unpaired) electrons. The maximum atomic E-state index is 12.9. The Kier molecular flexibility index (Phi) is 8.16. The van der Waals surface area contributed by atoms with Crippen molar-refractivity contribution in [1.82, 2.24) is 29.7 Å². The van der Waals surface area contributed by atoms with Crippen LogP contribution in [0.5, 0.6) is 0 Å². The number of pyridine rings is 1. The molecule has 0 spiro atoms. The monoisotopic (exact) mass is 495 g/mol. The second kappa shape index (κ2) is 11.7. The van der Waals surface area contributed by atoms with Gasteiger partial charge in [-0.05, 0) is 89.8 Å². The van der Waals surface area contributed by atoms with Crippen LogP contribution < -0.4 is 15.8 Å². The Balaban J connectivity index is 1.07. The number of amides is 1. The van der Waals surface area contributed by atoms with Crippen LogP contribution in [0.1, 0.15) is 51.4 Å². The summed E-state index contributed by atoms with van der Waals surface area (Å²) >= 11 is 0. The fourth-order valence-electron chi connectivity index (χ4n) is 6.18. The van der Waals surface area contributed by atoms with Crippen molar-refractivity contribution in [3.8, 4) is 0 Å². The van der Waals surface area contributed by atoms with Crippen LogP contribution in [0, 0.1) is 5.92 Å². The van der Waals surface area contributed by atoms with Crippen molar-refractivity contribution in [3.05, 3.63) is 28.7 Å². The van der Waals surface area contributed by atoms with Crippen LogP contribution in [-0.4, -0.2) is 88.6 Å². The summed E-state index contributed by atoms with van der Waals surface area (Å²) in [6.45, 7) is 7.97. The number of fused-ring (bicyclic) bond motifs is 1. The standard InChI is InChI=1S/C27H41N7O2/c1-31-24-23(9-5-12-28-24)30-25(27(31)36)34-17-6-8-21(20-34)26(35)29-13-7-14-32-18-10-22(11-19-32)33-15-3-2-4-16-33/h5,9,12,21-22H,2-4,6-8,10-11,13-20H2,1H3,(H,29,35)/t21-/m0/s1. The zero-order valence-corrected chi connectivity index (χ0v) is 21.7. The average molecular weight is 496 g/mol. The van der Waals surface area contributed by atoms with Gasteiger partial charge in [0.15, 0.2) is 11.5 Å². The quantitative estimate of drug-likeness (QED) is 0.588. The molecule has 1 atom stereocenters. The van der Waals surface area contributed by atoms with Gasteiger partial charge in [-0.1, -0.05) is 6.42 Å². The van der Waals surface area contributed by atoms with Crippen LogP contribution in [0.2, 0.25) is 0 Å². The summed E-state index contributed by atoms with van der Waals surface area (Å²) in [6.07, 6.45) is 11.1. The van der Waals surface area contributed by atoms with E-state index in [1.54, 1.807) is 17.8 Å². The van der Waals surface area contributed by atoms with Crippen molar-refractivity contribution in [2.75, 3.05) is 57.3 Å². The normalized spacial score (nSPS) is 22.7. The van der Waals surface area contributed by atoms with Gasteiger partial charge in [0.05, 0.1) is 5.92 Å². The predicted molar refractivity (Wildman–Crippen MR) is 142 cm³/mol. The second-order valence-corrected chi connectivity index (χ2v) is 10.7. The van der Waals surface area contributed by atoms with E-state index in [-0.39, 0.29) is 17.4 Å². The number of piperidine rings is 3. The highest BCUT2D eigenvalue weighted by Gasteiger charge is 2.29. The van der Waals surface area contributed by atoms with Crippen molar-refractivity contribution >= 4 is 22.9 Å². The lowest BCUT2D eigenvalue weighted by Gasteiger charge is -2.40. The number of carbonyl (C=O) groups excluding carboxylic acids is 1. The van der Waals surface area contributed by atoms with E-state index < -0.39 is 0 Å². The highest BCUT2D eigenvalue weighted by Crippen LogP contribution is 2.22. The van der Waals surface area contributed by atoms with Gasteiger partial charge in [-0.2, -0.15) is 0 Å². The Bertz CT molecular complexity index is 1090.